The summed E-state index contributed by atoms with van der Waals surface area (Å²) in [6.45, 7) is 0.155. The highest BCUT2D eigenvalue weighted by molar-refractivity contribution is 6.69. The van der Waals surface area contributed by atoms with Crippen molar-refractivity contribution >= 4 is 75.3 Å². The molecule has 0 amide bonds. The van der Waals surface area contributed by atoms with Gasteiger partial charge in [-0.3, -0.25) is 5.43 Å². The summed E-state index contributed by atoms with van der Waals surface area (Å²) < 4.78 is 6.95. The van der Waals surface area contributed by atoms with Gasteiger partial charge in [-0.15, -0.1) is 0 Å². The maximum Gasteiger partial charge on any atom is 0.301 e. The lowest BCUT2D eigenvalue weighted by Gasteiger charge is -2.33. The van der Waals surface area contributed by atoms with Crippen LogP contribution in [0.3, 0.4) is 0 Å². The zero-order valence-electron chi connectivity index (χ0n) is 11.0. The summed E-state index contributed by atoms with van der Waals surface area (Å²) in [5.41, 5.74) is 3.90. The van der Waals surface area contributed by atoms with Crippen LogP contribution in [0.4, 0.5) is 0 Å². The third-order valence-electron chi connectivity index (χ3n) is 2.93. The molecule has 0 aliphatic carbocycles. The molecular formula is C12H7Cl6N3O2. The van der Waals surface area contributed by atoms with Gasteiger partial charge in [0.15, 0.2) is 11.5 Å². The molecule has 0 aromatic heterocycles. The Morgan fingerprint density at radius 1 is 1.04 bits per heavy atom. The molecule has 2 aliphatic heterocycles. The van der Waals surface area contributed by atoms with Gasteiger partial charge in [0.25, 0.3) is 0 Å². The van der Waals surface area contributed by atoms with E-state index in [2.05, 4.69) is 10.5 Å². The first kappa shape index (κ1) is 17.4. The molecule has 23 heavy (non-hydrogen) atoms. The average Bonchev–Trinajstić information content (AvgIpc) is 2.92. The van der Waals surface area contributed by atoms with Crippen LogP contribution < -0.4 is 14.9 Å². The number of hydrogen-bond acceptors (Lipinski definition) is 5. The zero-order chi connectivity index (χ0) is 16.8. The van der Waals surface area contributed by atoms with Gasteiger partial charge in [0.1, 0.15) is 0 Å². The Balaban J connectivity index is 2.03. The van der Waals surface area contributed by atoms with Crippen molar-refractivity contribution in [2.24, 2.45) is 5.10 Å². The molecular weight excluding hydrogens is 431 g/mol. The minimum atomic E-state index is -1.89. The van der Waals surface area contributed by atoms with Crippen molar-refractivity contribution in [3.8, 4) is 11.5 Å². The molecule has 5 nitrogen and oxygen atoms in total. The standard InChI is InChI=1S/C12H7Cl6N3O2/c13-11(14,15)10-4-7(19-21(20-10)12(16,17)18)6-1-2-8-9(3-6)23-5-22-8/h1-4,20H,5H2. The van der Waals surface area contributed by atoms with Crippen LogP contribution in [-0.4, -0.2) is 25.3 Å². The van der Waals surface area contributed by atoms with Gasteiger partial charge in [-0.05, 0) is 24.3 Å². The molecule has 0 unspecified atom stereocenters. The molecule has 0 bridgehead atoms. The number of halogens is 6. The van der Waals surface area contributed by atoms with Crippen LogP contribution >= 0.6 is 69.6 Å². The van der Waals surface area contributed by atoms with E-state index in [-0.39, 0.29) is 12.5 Å². The predicted octanol–water partition coefficient (Wildman–Crippen LogP) is 4.52. The first-order valence-corrected chi connectivity index (χ1v) is 8.32. The van der Waals surface area contributed by atoms with E-state index in [1.807, 2.05) is 0 Å². The van der Waals surface area contributed by atoms with E-state index in [1.54, 1.807) is 18.2 Å². The number of ether oxygens (including phenoxy) is 2. The summed E-state index contributed by atoms with van der Waals surface area (Å²) >= 11 is 35.3. The van der Waals surface area contributed by atoms with E-state index < -0.39 is 7.71 Å². The Hall–Kier alpha value is -0.430. The van der Waals surface area contributed by atoms with Crippen molar-refractivity contribution in [2.75, 3.05) is 6.79 Å². The fourth-order valence-corrected chi connectivity index (χ4v) is 2.44. The smallest absolute Gasteiger partial charge is 0.301 e. The first-order chi connectivity index (χ1) is 10.6. The highest BCUT2D eigenvalue weighted by atomic mass is 35.6. The summed E-state index contributed by atoms with van der Waals surface area (Å²) in [7, 11) is 0. The number of rotatable bonds is 1. The number of hydrogen-bond donors (Lipinski definition) is 1. The van der Waals surface area contributed by atoms with Crippen molar-refractivity contribution in [3.05, 3.63) is 35.5 Å². The average molecular weight is 438 g/mol. The molecule has 1 aromatic rings. The van der Waals surface area contributed by atoms with Gasteiger partial charge in [-0.1, -0.05) is 69.6 Å². The Labute approximate surface area is 161 Å². The second-order valence-corrected chi connectivity index (χ2v) is 9.00. The van der Waals surface area contributed by atoms with Crippen molar-refractivity contribution in [1.29, 1.82) is 0 Å². The van der Waals surface area contributed by atoms with Crippen LogP contribution in [0.25, 0.3) is 0 Å². The van der Waals surface area contributed by atoms with E-state index >= 15 is 0 Å². The second-order valence-electron chi connectivity index (χ2n) is 4.50. The Morgan fingerprint density at radius 3 is 2.39 bits per heavy atom. The monoisotopic (exact) mass is 435 g/mol. The second kappa shape index (κ2) is 6.14. The van der Waals surface area contributed by atoms with Crippen LogP contribution in [0.2, 0.25) is 0 Å². The lowest BCUT2D eigenvalue weighted by Crippen LogP contribution is -2.47. The highest BCUT2D eigenvalue weighted by Crippen LogP contribution is 2.39. The SMILES string of the molecule is ClC(Cl)(Cl)C1=CC(c2ccc3c(c2)OCO3)=NN(C(Cl)(Cl)Cl)N1. The van der Waals surface area contributed by atoms with Crippen LogP contribution in [-0.2, 0) is 0 Å². The molecule has 0 radical (unpaired) electrons. The molecule has 1 N–H and O–H groups in total. The topological polar surface area (TPSA) is 46.1 Å². The number of fused-ring (bicyclic) bond motifs is 1. The Kier molecular flexibility index (Phi) is 4.64. The molecule has 0 fully saturated rings. The van der Waals surface area contributed by atoms with Crippen molar-refractivity contribution in [3.63, 3.8) is 0 Å². The van der Waals surface area contributed by atoms with E-state index in [1.165, 1.54) is 6.08 Å². The van der Waals surface area contributed by atoms with E-state index in [9.17, 15) is 0 Å². The Morgan fingerprint density at radius 2 is 1.74 bits per heavy atom. The first-order valence-electron chi connectivity index (χ1n) is 6.06. The van der Waals surface area contributed by atoms with Gasteiger partial charge in [-0.25, -0.2) is 0 Å². The van der Waals surface area contributed by atoms with Gasteiger partial charge in [-0.2, -0.15) is 10.2 Å². The molecule has 0 saturated carbocycles. The minimum absolute atomic E-state index is 0.155. The number of nitrogens with zero attached hydrogens (tertiary/aromatic N) is 2. The molecule has 0 spiro atoms. The van der Waals surface area contributed by atoms with Crippen LogP contribution in [0.5, 0.6) is 11.5 Å². The van der Waals surface area contributed by atoms with Crippen molar-refractivity contribution in [2.45, 2.75) is 7.71 Å². The van der Waals surface area contributed by atoms with Crippen LogP contribution in [0, 0.1) is 0 Å². The molecule has 2 heterocycles. The van der Waals surface area contributed by atoms with Gasteiger partial charge in [0, 0.05) is 5.56 Å². The number of alkyl halides is 6. The number of allylic oxidation sites excluding steroid dienone is 2. The maximum absolute atomic E-state index is 5.92. The molecule has 2 aliphatic rings. The minimum Gasteiger partial charge on any atom is -0.454 e. The summed E-state index contributed by atoms with van der Waals surface area (Å²) in [4.78, 5) is 0. The third-order valence-corrected chi connectivity index (χ3v) is 4.02. The molecule has 3 rings (SSSR count). The fourth-order valence-electron chi connectivity index (χ4n) is 1.91. The van der Waals surface area contributed by atoms with Gasteiger partial charge < -0.3 is 9.47 Å². The lowest BCUT2D eigenvalue weighted by atomic mass is 10.1. The van der Waals surface area contributed by atoms with Crippen molar-refractivity contribution < 1.29 is 9.47 Å². The predicted molar refractivity (Wildman–Crippen MR) is 92.7 cm³/mol. The number of nitrogens with one attached hydrogen (secondary N) is 1. The summed E-state index contributed by atoms with van der Waals surface area (Å²) in [5, 5.41) is 5.17. The molecule has 124 valence electrons. The number of hydrazone groups is 1. The summed E-state index contributed by atoms with van der Waals surface area (Å²) in [6.07, 6.45) is 1.54. The quantitative estimate of drug-likeness (QED) is 0.518. The molecule has 11 heteroatoms. The normalized spacial score (nSPS) is 17.6. The Bertz CT molecular complexity index is 695. The molecule has 1 aromatic carbocycles. The van der Waals surface area contributed by atoms with Crippen LogP contribution in [0.15, 0.2) is 35.1 Å². The number of benzene rings is 1. The van der Waals surface area contributed by atoms with Crippen molar-refractivity contribution in [1.82, 2.24) is 10.5 Å². The highest BCUT2D eigenvalue weighted by Gasteiger charge is 2.37. The largest absolute Gasteiger partial charge is 0.454 e. The van der Waals surface area contributed by atoms with Crippen LogP contribution in [0.1, 0.15) is 5.56 Å². The van der Waals surface area contributed by atoms with Gasteiger partial charge in [0.2, 0.25) is 10.6 Å². The molecule has 0 saturated heterocycles. The number of hydrazine groups is 1. The van der Waals surface area contributed by atoms with E-state index in [0.717, 1.165) is 5.12 Å². The zero-order valence-corrected chi connectivity index (χ0v) is 15.5. The van der Waals surface area contributed by atoms with Gasteiger partial charge in [0.05, 0.1) is 11.4 Å². The summed E-state index contributed by atoms with van der Waals surface area (Å²) in [5.74, 6) is 1.21. The lowest BCUT2D eigenvalue weighted by molar-refractivity contribution is 0.174. The maximum atomic E-state index is 5.92. The summed E-state index contributed by atoms with van der Waals surface area (Å²) in [6, 6.07) is 5.24. The third kappa shape index (κ3) is 3.81. The van der Waals surface area contributed by atoms with E-state index in [0.29, 0.717) is 22.8 Å². The molecule has 0 atom stereocenters. The fraction of sp³-hybridized carbons (Fsp3) is 0.250. The van der Waals surface area contributed by atoms with E-state index in [4.69, 9.17) is 79.1 Å². The van der Waals surface area contributed by atoms with Gasteiger partial charge >= 0.3 is 3.92 Å².